The van der Waals surface area contributed by atoms with Gasteiger partial charge in [0.05, 0.1) is 16.8 Å². The smallest absolute Gasteiger partial charge is 0.163 e. The molecule has 0 aliphatic heterocycles. The fourth-order valence-electron chi connectivity index (χ4n) is 2.53. The van der Waals surface area contributed by atoms with Crippen LogP contribution in [0.1, 0.15) is 29.4 Å². The van der Waals surface area contributed by atoms with Crippen molar-refractivity contribution in [2.45, 2.75) is 26.1 Å². The molecule has 1 atom stereocenters. The molecule has 0 amide bonds. The summed E-state index contributed by atoms with van der Waals surface area (Å²) in [5.41, 5.74) is 5.00. The molecule has 0 fully saturated rings. The second kappa shape index (κ2) is 5.14. The molecule has 0 aliphatic rings. The zero-order valence-corrected chi connectivity index (χ0v) is 14.7. The largest absolute Gasteiger partial charge is 0.280 e. The third-order valence-electron chi connectivity index (χ3n) is 3.60. The van der Waals surface area contributed by atoms with E-state index in [-0.39, 0.29) is 5.38 Å². The van der Waals surface area contributed by atoms with Crippen molar-refractivity contribution < 1.29 is 0 Å². The normalized spacial score (nSPS) is 13.0. The van der Waals surface area contributed by atoms with Crippen LogP contribution < -0.4 is 0 Å². The van der Waals surface area contributed by atoms with Crippen LogP contribution in [0.2, 0.25) is 0 Å². The molecule has 1 aromatic carbocycles. The van der Waals surface area contributed by atoms with E-state index in [1.165, 1.54) is 5.56 Å². The van der Waals surface area contributed by atoms with E-state index in [0.717, 1.165) is 32.8 Å². The molecule has 1 unspecified atom stereocenters. The first kappa shape index (κ1) is 14.6. The van der Waals surface area contributed by atoms with E-state index in [2.05, 4.69) is 50.7 Å². The molecule has 0 bridgehead atoms. The van der Waals surface area contributed by atoms with E-state index >= 15 is 0 Å². The molecule has 21 heavy (non-hydrogen) atoms. The molecule has 4 nitrogen and oxygen atoms in total. The Kier molecular flexibility index (Phi) is 3.58. The van der Waals surface area contributed by atoms with Gasteiger partial charge in [0, 0.05) is 11.5 Å². The van der Waals surface area contributed by atoms with Gasteiger partial charge in [0.15, 0.2) is 5.65 Å². The summed E-state index contributed by atoms with van der Waals surface area (Å²) in [6, 6.07) is 6.24. The summed E-state index contributed by atoms with van der Waals surface area (Å²) in [6.45, 7) is 5.97. The maximum absolute atomic E-state index is 6.34. The number of fused-ring (bicyclic) bond motifs is 1. The Bertz CT molecular complexity index is 832. The Balaban J connectivity index is 2.38. The molecular formula is C15H16BrClN4. The molecule has 2 aromatic heterocycles. The van der Waals surface area contributed by atoms with Gasteiger partial charge in [0.2, 0.25) is 0 Å². The van der Waals surface area contributed by atoms with Crippen LogP contribution in [0.5, 0.6) is 0 Å². The number of halogens is 2. The Hall–Kier alpha value is -1.33. The van der Waals surface area contributed by atoms with Gasteiger partial charge >= 0.3 is 0 Å². The van der Waals surface area contributed by atoms with Crippen molar-refractivity contribution in [2.24, 2.45) is 7.05 Å². The van der Waals surface area contributed by atoms with E-state index in [9.17, 15) is 0 Å². The van der Waals surface area contributed by atoms with E-state index in [4.69, 9.17) is 16.6 Å². The van der Waals surface area contributed by atoms with Gasteiger partial charge in [0.1, 0.15) is 11.3 Å². The van der Waals surface area contributed by atoms with Crippen molar-refractivity contribution in [1.82, 2.24) is 19.3 Å². The summed E-state index contributed by atoms with van der Waals surface area (Å²) in [4.78, 5) is 4.69. The highest BCUT2D eigenvalue weighted by molar-refractivity contribution is 9.10. The maximum atomic E-state index is 6.34. The van der Waals surface area contributed by atoms with Crippen molar-refractivity contribution in [3.8, 4) is 5.69 Å². The lowest BCUT2D eigenvalue weighted by Crippen LogP contribution is -2.06. The highest BCUT2D eigenvalue weighted by Crippen LogP contribution is 2.30. The zero-order chi connectivity index (χ0) is 15.3. The van der Waals surface area contributed by atoms with Crippen molar-refractivity contribution in [3.05, 3.63) is 39.8 Å². The van der Waals surface area contributed by atoms with Gasteiger partial charge in [-0.1, -0.05) is 22.0 Å². The van der Waals surface area contributed by atoms with E-state index < -0.39 is 0 Å². The lowest BCUT2D eigenvalue weighted by atomic mass is 10.2. The van der Waals surface area contributed by atoms with Crippen LogP contribution in [0.3, 0.4) is 0 Å². The number of aromatic nitrogens is 4. The third-order valence-corrected chi connectivity index (χ3v) is 4.65. The molecule has 110 valence electrons. The van der Waals surface area contributed by atoms with Crippen LogP contribution in [0, 0.1) is 13.8 Å². The van der Waals surface area contributed by atoms with Crippen LogP contribution in [0.4, 0.5) is 0 Å². The van der Waals surface area contributed by atoms with Crippen molar-refractivity contribution in [2.75, 3.05) is 0 Å². The SMILES string of the molecule is Cc1ccc(-n2c(C(C)Cl)nc3c(C)nn(C)c32)cc1Br. The number of aryl methyl sites for hydroxylation is 3. The van der Waals surface area contributed by atoms with Crippen LogP contribution in [-0.4, -0.2) is 19.3 Å². The fraction of sp³-hybridized carbons (Fsp3) is 0.333. The first-order valence-electron chi connectivity index (χ1n) is 6.72. The summed E-state index contributed by atoms with van der Waals surface area (Å²) >= 11 is 9.93. The molecule has 2 heterocycles. The monoisotopic (exact) mass is 366 g/mol. The highest BCUT2D eigenvalue weighted by atomic mass is 79.9. The minimum absolute atomic E-state index is 0.183. The van der Waals surface area contributed by atoms with Gasteiger partial charge in [-0.25, -0.2) is 9.67 Å². The number of imidazole rings is 1. The van der Waals surface area contributed by atoms with Gasteiger partial charge in [0.25, 0.3) is 0 Å². The average Bonchev–Trinajstić information content (AvgIpc) is 2.93. The summed E-state index contributed by atoms with van der Waals surface area (Å²) in [7, 11) is 1.93. The number of alkyl halides is 1. The van der Waals surface area contributed by atoms with Crippen LogP contribution in [-0.2, 0) is 7.05 Å². The molecule has 6 heteroatoms. The Labute approximate surface area is 136 Å². The minimum Gasteiger partial charge on any atom is -0.280 e. The second-order valence-corrected chi connectivity index (χ2v) is 6.75. The van der Waals surface area contributed by atoms with Crippen LogP contribution >= 0.6 is 27.5 Å². The summed E-state index contributed by atoms with van der Waals surface area (Å²) in [5.74, 6) is 0.832. The summed E-state index contributed by atoms with van der Waals surface area (Å²) in [5, 5.41) is 4.27. The topological polar surface area (TPSA) is 35.6 Å². The van der Waals surface area contributed by atoms with Crippen molar-refractivity contribution in [1.29, 1.82) is 0 Å². The number of benzene rings is 1. The minimum atomic E-state index is -0.183. The van der Waals surface area contributed by atoms with Gasteiger partial charge in [-0.3, -0.25) is 4.57 Å². The van der Waals surface area contributed by atoms with Gasteiger partial charge in [-0.15, -0.1) is 11.6 Å². The Morgan fingerprint density at radius 3 is 2.62 bits per heavy atom. The Morgan fingerprint density at radius 1 is 1.29 bits per heavy atom. The third kappa shape index (κ3) is 2.28. The van der Waals surface area contributed by atoms with Crippen molar-refractivity contribution >= 4 is 38.7 Å². The van der Waals surface area contributed by atoms with Gasteiger partial charge < -0.3 is 0 Å². The number of hydrogen-bond acceptors (Lipinski definition) is 2. The van der Waals surface area contributed by atoms with Crippen molar-refractivity contribution in [3.63, 3.8) is 0 Å². The molecule has 0 N–H and O–H groups in total. The molecule has 3 aromatic rings. The van der Waals surface area contributed by atoms with E-state index in [1.54, 1.807) is 0 Å². The first-order chi connectivity index (χ1) is 9.90. The molecule has 3 rings (SSSR count). The van der Waals surface area contributed by atoms with Crippen LogP contribution in [0.25, 0.3) is 16.9 Å². The fourth-order valence-corrected chi connectivity index (χ4v) is 3.04. The predicted molar refractivity (Wildman–Crippen MR) is 89.3 cm³/mol. The van der Waals surface area contributed by atoms with Gasteiger partial charge in [-0.05, 0) is 38.5 Å². The van der Waals surface area contributed by atoms with E-state index in [0.29, 0.717) is 0 Å². The quantitative estimate of drug-likeness (QED) is 0.628. The lowest BCUT2D eigenvalue weighted by molar-refractivity contribution is 0.748. The van der Waals surface area contributed by atoms with E-state index in [1.807, 2.05) is 25.6 Å². The number of rotatable bonds is 2. The predicted octanol–water partition coefficient (Wildman–Crippen LogP) is 4.44. The molecule has 0 aliphatic carbocycles. The first-order valence-corrected chi connectivity index (χ1v) is 7.95. The summed E-state index contributed by atoms with van der Waals surface area (Å²) < 4.78 is 5.00. The van der Waals surface area contributed by atoms with Crippen LogP contribution in [0.15, 0.2) is 22.7 Å². The Morgan fingerprint density at radius 2 is 2.00 bits per heavy atom. The number of nitrogens with zero attached hydrogens (tertiary/aromatic N) is 4. The standard InChI is InChI=1S/C15H16BrClN4/c1-8-5-6-11(7-12(8)16)21-14(9(2)17)18-13-10(3)19-20(4)15(13)21/h5-7,9H,1-4H3. The molecule has 0 radical (unpaired) electrons. The summed E-state index contributed by atoms with van der Waals surface area (Å²) in [6.07, 6.45) is 0. The molecule has 0 saturated carbocycles. The maximum Gasteiger partial charge on any atom is 0.163 e. The highest BCUT2D eigenvalue weighted by Gasteiger charge is 2.21. The average molecular weight is 368 g/mol. The molecule has 0 spiro atoms. The van der Waals surface area contributed by atoms with Gasteiger partial charge in [-0.2, -0.15) is 5.10 Å². The second-order valence-electron chi connectivity index (χ2n) is 5.24. The molecule has 0 saturated heterocycles. The lowest BCUT2D eigenvalue weighted by Gasteiger charge is -2.12. The molecular weight excluding hydrogens is 352 g/mol. The zero-order valence-electron chi connectivity index (χ0n) is 12.4. The number of hydrogen-bond donors (Lipinski definition) is 0.